The van der Waals surface area contributed by atoms with Gasteiger partial charge in [-0.15, -0.1) is 0 Å². The molecule has 1 atom stereocenters. The second-order valence-corrected chi connectivity index (χ2v) is 7.67. The number of rotatable bonds is 3. The number of benzene rings is 1. The molecule has 1 fully saturated rings. The van der Waals surface area contributed by atoms with Crippen molar-refractivity contribution in [3.8, 4) is 0 Å². The van der Waals surface area contributed by atoms with Gasteiger partial charge in [0.15, 0.2) is 5.17 Å². The molecule has 1 aromatic carbocycles. The Labute approximate surface area is 130 Å². The topological polar surface area (TPSA) is 24.4 Å². The fraction of sp³-hybridized carbons (Fsp3) is 0.562. The molecule has 0 saturated heterocycles. The normalized spacial score (nSPS) is 30.1. The monoisotopic (exact) mass is 306 g/mol. The first-order valence-electron chi connectivity index (χ1n) is 7.40. The Hall–Kier alpha value is -0.610. The largest absolute Gasteiger partial charge is 0.362 e. The van der Waals surface area contributed by atoms with E-state index in [2.05, 4.69) is 41.9 Å². The molecule has 2 aliphatic rings. The number of amidine groups is 1. The van der Waals surface area contributed by atoms with E-state index in [4.69, 9.17) is 4.99 Å². The van der Waals surface area contributed by atoms with Crippen molar-refractivity contribution in [2.75, 3.05) is 12.0 Å². The first-order chi connectivity index (χ1) is 9.85. The predicted molar refractivity (Wildman–Crippen MR) is 91.8 cm³/mol. The van der Waals surface area contributed by atoms with Crippen LogP contribution in [0.2, 0.25) is 0 Å². The second kappa shape index (κ2) is 6.90. The van der Waals surface area contributed by atoms with Crippen molar-refractivity contribution >= 4 is 28.7 Å². The second-order valence-electron chi connectivity index (χ2n) is 5.53. The van der Waals surface area contributed by atoms with Crippen LogP contribution in [-0.2, 0) is 0 Å². The molecule has 0 aromatic heterocycles. The highest BCUT2D eigenvalue weighted by Crippen LogP contribution is 2.31. The minimum atomic E-state index is 0.339. The lowest BCUT2D eigenvalue weighted by Crippen LogP contribution is -2.36. The van der Waals surface area contributed by atoms with Gasteiger partial charge in [0.1, 0.15) is 0 Å². The van der Waals surface area contributed by atoms with Crippen LogP contribution in [0.25, 0.3) is 0 Å². The summed E-state index contributed by atoms with van der Waals surface area (Å²) in [6.45, 7) is 0. The predicted octanol–water partition coefficient (Wildman–Crippen LogP) is 4.09. The molecule has 0 radical (unpaired) electrons. The van der Waals surface area contributed by atoms with Crippen LogP contribution < -0.4 is 5.32 Å². The lowest BCUT2D eigenvalue weighted by Gasteiger charge is -2.28. The number of hydrogen-bond donors (Lipinski definition) is 1. The van der Waals surface area contributed by atoms with E-state index in [1.54, 1.807) is 0 Å². The van der Waals surface area contributed by atoms with Crippen LogP contribution in [0.5, 0.6) is 0 Å². The van der Waals surface area contributed by atoms with Gasteiger partial charge >= 0.3 is 0 Å². The Bertz CT molecular complexity index is 453. The van der Waals surface area contributed by atoms with Gasteiger partial charge in [-0.05, 0) is 37.5 Å². The van der Waals surface area contributed by atoms with Gasteiger partial charge in [0.25, 0.3) is 0 Å². The summed E-state index contributed by atoms with van der Waals surface area (Å²) in [6.07, 6.45) is 7.51. The van der Waals surface area contributed by atoms with Gasteiger partial charge in [-0.1, -0.05) is 42.1 Å². The zero-order valence-electron chi connectivity index (χ0n) is 11.9. The van der Waals surface area contributed by atoms with Gasteiger partial charge in [0, 0.05) is 17.0 Å². The molecule has 1 saturated carbocycles. The summed E-state index contributed by atoms with van der Waals surface area (Å²) in [5, 5.41) is 5.70. The molecule has 2 nitrogen and oxygen atoms in total. The number of aliphatic imine (C=N–C) groups is 1. The van der Waals surface area contributed by atoms with Crippen molar-refractivity contribution in [1.82, 2.24) is 5.32 Å². The van der Waals surface area contributed by atoms with E-state index >= 15 is 0 Å². The Morgan fingerprint density at radius 1 is 1.15 bits per heavy atom. The minimum Gasteiger partial charge on any atom is -0.362 e. The van der Waals surface area contributed by atoms with E-state index in [9.17, 15) is 0 Å². The minimum absolute atomic E-state index is 0.339. The van der Waals surface area contributed by atoms with Crippen LogP contribution in [0.3, 0.4) is 0 Å². The first kappa shape index (κ1) is 14.3. The van der Waals surface area contributed by atoms with Gasteiger partial charge in [-0.2, -0.15) is 11.8 Å². The molecule has 1 aliphatic heterocycles. The van der Waals surface area contributed by atoms with E-state index in [0.717, 1.165) is 16.2 Å². The average molecular weight is 307 g/mol. The standard InChI is InChI=1S/C16H22N2S2/c1-19-14-9-7-13(8-10-14)17-16-18-15(11-20-16)12-5-3-2-4-6-12/h2-6,13-15H,7-11H2,1H3,(H,17,18). The smallest absolute Gasteiger partial charge is 0.157 e. The Kier molecular flexibility index (Phi) is 4.94. The van der Waals surface area contributed by atoms with E-state index in [1.807, 2.05) is 23.5 Å². The number of nitrogens with zero attached hydrogens (tertiary/aromatic N) is 1. The molecule has 0 spiro atoms. The Morgan fingerprint density at radius 3 is 2.60 bits per heavy atom. The van der Waals surface area contributed by atoms with Gasteiger partial charge in [-0.3, -0.25) is 4.99 Å². The Balaban J connectivity index is 1.54. The molecule has 0 bridgehead atoms. The summed E-state index contributed by atoms with van der Waals surface area (Å²) in [6, 6.07) is 11.6. The lowest BCUT2D eigenvalue weighted by atomic mass is 9.95. The first-order valence-corrected chi connectivity index (χ1v) is 9.67. The fourth-order valence-corrected chi connectivity index (χ4v) is 4.69. The van der Waals surface area contributed by atoms with Gasteiger partial charge in [0.2, 0.25) is 0 Å². The molecule has 20 heavy (non-hydrogen) atoms. The highest BCUT2D eigenvalue weighted by atomic mass is 32.2. The third-order valence-electron chi connectivity index (χ3n) is 4.17. The number of hydrogen-bond acceptors (Lipinski definition) is 4. The van der Waals surface area contributed by atoms with Gasteiger partial charge < -0.3 is 5.32 Å². The van der Waals surface area contributed by atoms with Crippen molar-refractivity contribution in [1.29, 1.82) is 0 Å². The van der Waals surface area contributed by atoms with Gasteiger partial charge in [-0.25, -0.2) is 0 Å². The van der Waals surface area contributed by atoms with Crippen LogP contribution in [0.15, 0.2) is 35.3 Å². The molecule has 108 valence electrons. The molecule has 4 heteroatoms. The van der Waals surface area contributed by atoms with E-state index in [1.165, 1.54) is 31.2 Å². The van der Waals surface area contributed by atoms with E-state index < -0.39 is 0 Å². The molecule has 0 amide bonds. The summed E-state index contributed by atoms with van der Waals surface area (Å²) < 4.78 is 0. The highest BCUT2D eigenvalue weighted by Gasteiger charge is 2.24. The number of thioether (sulfide) groups is 2. The van der Waals surface area contributed by atoms with Crippen LogP contribution in [0, 0.1) is 0 Å². The Morgan fingerprint density at radius 2 is 1.90 bits per heavy atom. The molecule has 1 N–H and O–H groups in total. The summed E-state index contributed by atoms with van der Waals surface area (Å²) in [7, 11) is 0. The van der Waals surface area contributed by atoms with E-state index in [0.29, 0.717) is 12.1 Å². The van der Waals surface area contributed by atoms with Crippen molar-refractivity contribution in [3.63, 3.8) is 0 Å². The zero-order chi connectivity index (χ0) is 13.8. The molecular weight excluding hydrogens is 284 g/mol. The molecule has 1 heterocycles. The summed E-state index contributed by atoms with van der Waals surface area (Å²) in [5.74, 6) is 1.08. The quantitative estimate of drug-likeness (QED) is 0.910. The molecule has 1 unspecified atom stereocenters. The van der Waals surface area contributed by atoms with Crippen LogP contribution >= 0.6 is 23.5 Å². The van der Waals surface area contributed by atoms with Crippen LogP contribution in [-0.4, -0.2) is 28.5 Å². The van der Waals surface area contributed by atoms with Gasteiger partial charge in [0.05, 0.1) is 6.04 Å². The van der Waals surface area contributed by atoms with Crippen molar-refractivity contribution in [2.45, 2.75) is 43.0 Å². The summed E-state index contributed by atoms with van der Waals surface area (Å²) in [5.41, 5.74) is 1.34. The highest BCUT2D eigenvalue weighted by molar-refractivity contribution is 8.14. The zero-order valence-corrected chi connectivity index (χ0v) is 13.6. The van der Waals surface area contributed by atoms with Crippen LogP contribution in [0.1, 0.15) is 37.3 Å². The molecule has 3 rings (SSSR count). The summed E-state index contributed by atoms with van der Waals surface area (Å²) in [4.78, 5) is 4.85. The fourth-order valence-electron chi connectivity index (χ4n) is 2.92. The third-order valence-corrected chi connectivity index (χ3v) is 6.29. The lowest BCUT2D eigenvalue weighted by molar-refractivity contribution is 0.423. The molecule has 1 aliphatic carbocycles. The van der Waals surface area contributed by atoms with Crippen LogP contribution in [0.4, 0.5) is 0 Å². The average Bonchev–Trinajstić information content (AvgIpc) is 2.97. The number of nitrogens with one attached hydrogen (secondary N) is 1. The maximum atomic E-state index is 4.85. The summed E-state index contributed by atoms with van der Waals surface area (Å²) >= 11 is 3.90. The third kappa shape index (κ3) is 3.53. The SMILES string of the molecule is CSC1CCC(NC2=NC(c3ccccc3)CS2)CC1. The van der Waals surface area contributed by atoms with E-state index in [-0.39, 0.29) is 0 Å². The van der Waals surface area contributed by atoms with Crippen molar-refractivity contribution < 1.29 is 0 Å². The maximum absolute atomic E-state index is 4.85. The molecule has 1 aromatic rings. The van der Waals surface area contributed by atoms with Crippen molar-refractivity contribution in [3.05, 3.63) is 35.9 Å². The van der Waals surface area contributed by atoms with Crippen molar-refractivity contribution in [2.24, 2.45) is 4.99 Å². The maximum Gasteiger partial charge on any atom is 0.157 e. The molecular formula is C16H22N2S2.